The summed E-state index contributed by atoms with van der Waals surface area (Å²) < 4.78 is 5.17. The van der Waals surface area contributed by atoms with Crippen LogP contribution in [0.15, 0.2) is 59.6 Å². The Balaban J connectivity index is 1.71. The zero-order chi connectivity index (χ0) is 20.0. The number of nitrogens with zero attached hydrogens (tertiary/aromatic N) is 1. The minimum absolute atomic E-state index is 0.0803. The third kappa shape index (κ3) is 8.12. The molecule has 2 aromatic rings. The minimum atomic E-state index is -0.0803. The van der Waals surface area contributed by atoms with Crippen molar-refractivity contribution in [2.24, 2.45) is 4.99 Å². The SMILES string of the molecule is CCNC(=NCC(=O)NCCc1ccccc1)NCCc1ccc(OC)cc1. The van der Waals surface area contributed by atoms with E-state index in [0.29, 0.717) is 12.5 Å². The summed E-state index contributed by atoms with van der Waals surface area (Å²) in [5.74, 6) is 1.42. The highest BCUT2D eigenvalue weighted by Gasteiger charge is 2.03. The van der Waals surface area contributed by atoms with Crippen LogP contribution in [-0.4, -0.2) is 45.2 Å². The zero-order valence-corrected chi connectivity index (χ0v) is 16.7. The Morgan fingerprint density at radius 2 is 1.54 bits per heavy atom. The number of hydrogen-bond donors (Lipinski definition) is 3. The Kier molecular flexibility index (Phi) is 9.41. The maximum atomic E-state index is 12.0. The molecule has 0 aliphatic carbocycles. The first-order valence-corrected chi connectivity index (χ1v) is 9.67. The number of carbonyl (C=O) groups excluding carboxylic acids is 1. The molecule has 6 heteroatoms. The summed E-state index contributed by atoms with van der Waals surface area (Å²) in [6, 6.07) is 18.1. The lowest BCUT2D eigenvalue weighted by Crippen LogP contribution is -2.39. The Bertz CT molecular complexity index is 730. The maximum Gasteiger partial charge on any atom is 0.241 e. The second-order valence-corrected chi connectivity index (χ2v) is 6.31. The van der Waals surface area contributed by atoms with E-state index in [1.54, 1.807) is 7.11 Å². The van der Waals surface area contributed by atoms with E-state index in [-0.39, 0.29) is 12.5 Å². The normalized spacial score (nSPS) is 11.0. The standard InChI is InChI=1S/C22H30N4O2/c1-3-23-22(25-16-14-19-9-11-20(28-2)12-10-19)26-17-21(27)24-15-13-18-7-5-4-6-8-18/h4-12H,3,13-17H2,1-2H3,(H,24,27)(H2,23,25,26). The van der Waals surface area contributed by atoms with E-state index in [1.807, 2.05) is 49.4 Å². The van der Waals surface area contributed by atoms with Gasteiger partial charge in [-0.3, -0.25) is 4.79 Å². The summed E-state index contributed by atoms with van der Waals surface area (Å²) in [5.41, 5.74) is 2.42. The second kappa shape index (κ2) is 12.4. The van der Waals surface area contributed by atoms with Crippen molar-refractivity contribution in [3.05, 3.63) is 65.7 Å². The first kappa shape index (κ1) is 21.3. The number of rotatable bonds is 10. The number of hydrogen-bond acceptors (Lipinski definition) is 3. The number of carbonyl (C=O) groups is 1. The van der Waals surface area contributed by atoms with Crippen molar-refractivity contribution in [1.82, 2.24) is 16.0 Å². The molecule has 0 fully saturated rings. The van der Waals surface area contributed by atoms with E-state index in [0.717, 1.165) is 31.7 Å². The van der Waals surface area contributed by atoms with Gasteiger partial charge in [-0.2, -0.15) is 0 Å². The van der Waals surface area contributed by atoms with E-state index in [9.17, 15) is 4.79 Å². The van der Waals surface area contributed by atoms with Gasteiger partial charge in [-0.1, -0.05) is 42.5 Å². The van der Waals surface area contributed by atoms with Crippen molar-refractivity contribution in [2.75, 3.05) is 33.3 Å². The van der Waals surface area contributed by atoms with Crippen LogP contribution in [-0.2, 0) is 17.6 Å². The van der Waals surface area contributed by atoms with Gasteiger partial charge in [0, 0.05) is 19.6 Å². The molecule has 2 rings (SSSR count). The van der Waals surface area contributed by atoms with E-state index < -0.39 is 0 Å². The largest absolute Gasteiger partial charge is 0.497 e. The predicted molar refractivity (Wildman–Crippen MR) is 114 cm³/mol. The van der Waals surface area contributed by atoms with Crippen LogP contribution in [0.5, 0.6) is 5.75 Å². The van der Waals surface area contributed by atoms with Crippen LogP contribution in [0.4, 0.5) is 0 Å². The molecule has 0 radical (unpaired) electrons. The van der Waals surface area contributed by atoms with Gasteiger partial charge in [0.1, 0.15) is 12.3 Å². The van der Waals surface area contributed by atoms with Crippen molar-refractivity contribution in [3.8, 4) is 5.75 Å². The van der Waals surface area contributed by atoms with Crippen LogP contribution in [0.3, 0.4) is 0 Å². The number of benzene rings is 2. The fourth-order valence-electron chi connectivity index (χ4n) is 2.66. The number of nitrogens with one attached hydrogen (secondary N) is 3. The third-order valence-electron chi connectivity index (χ3n) is 4.17. The van der Waals surface area contributed by atoms with Gasteiger partial charge >= 0.3 is 0 Å². The van der Waals surface area contributed by atoms with Crippen molar-refractivity contribution >= 4 is 11.9 Å². The van der Waals surface area contributed by atoms with Gasteiger partial charge in [0.05, 0.1) is 7.11 Å². The molecule has 0 atom stereocenters. The predicted octanol–water partition coefficient (Wildman–Crippen LogP) is 2.15. The topological polar surface area (TPSA) is 74.8 Å². The lowest BCUT2D eigenvalue weighted by molar-refractivity contribution is -0.119. The monoisotopic (exact) mass is 382 g/mol. The van der Waals surface area contributed by atoms with Gasteiger partial charge in [-0.15, -0.1) is 0 Å². The van der Waals surface area contributed by atoms with Crippen molar-refractivity contribution < 1.29 is 9.53 Å². The summed E-state index contributed by atoms with van der Waals surface area (Å²) >= 11 is 0. The van der Waals surface area contributed by atoms with E-state index in [4.69, 9.17) is 4.74 Å². The molecule has 6 nitrogen and oxygen atoms in total. The molecule has 0 saturated carbocycles. The number of amides is 1. The molecule has 0 aromatic heterocycles. The first-order chi connectivity index (χ1) is 13.7. The van der Waals surface area contributed by atoms with Gasteiger partial charge in [0.25, 0.3) is 0 Å². The molecule has 0 bridgehead atoms. The molecule has 2 aromatic carbocycles. The third-order valence-corrected chi connectivity index (χ3v) is 4.17. The van der Waals surface area contributed by atoms with Crippen molar-refractivity contribution in [2.45, 2.75) is 19.8 Å². The van der Waals surface area contributed by atoms with Crippen LogP contribution in [0.25, 0.3) is 0 Å². The molecule has 0 heterocycles. The number of ether oxygens (including phenoxy) is 1. The highest BCUT2D eigenvalue weighted by molar-refractivity contribution is 5.84. The quantitative estimate of drug-likeness (QED) is 0.435. The number of methoxy groups -OCH3 is 1. The van der Waals surface area contributed by atoms with Gasteiger partial charge in [0.15, 0.2) is 5.96 Å². The lowest BCUT2D eigenvalue weighted by Gasteiger charge is -2.11. The van der Waals surface area contributed by atoms with E-state index in [1.165, 1.54) is 11.1 Å². The molecule has 28 heavy (non-hydrogen) atoms. The second-order valence-electron chi connectivity index (χ2n) is 6.31. The summed E-state index contributed by atoms with van der Waals surface area (Å²) in [6.07, 6.45) is 1.67. The lowest BCUT2D eigenvalue weighted by atomic mass is 10.1. The molecule has 150 valence electrons. The zero-order valence-electron chi connectivity index (χ0n) is 16.7. The van der Waals surface area contributed by atoms with Crippen LogP contribution < -0.4 is 20.7 Å². The van der Waals surface area contributed by atoms with Crippen molar-refractivity contribution in [1.29, 1.82) is 0 Å². The van der Waals surface area contributed by atoms with E-state index >= 15 is 0 Å². The summed E-state index contributed by atoms with van der Waals surface area (Å²) in [4.78, 5) is 16.4. The Morgan fingerprint density at radius 1 is 0.893 bits per heavy atom. The van der Waals surface area contributed by atoms with Gasteiger partial charge in [-0.05, 0) is 43.0 Å². The average molecular weight is 383 g/mol. The van der Waals surface area contributed by atoms with Crippen LogP contribution in [0, 0.1) is 0 Å². The Labute approximate surface area is 167 Å². The molecule has 0 spiro atoms. The molecule has 0 aliphatic heterocycles. The number of guanidine groups is 1. The van der Waals surface area contributed by atoms with Crippen molar-refractivity contribution in [3.63, 3.8) is 0 Å². The molecular weight excluding hydrogens is 352 g/mol. The Hall–Kier alpha value is -3.02. The highest BCUT2D eigenvalue weighted by atomic mass is 16.5. The fourth-order valence-corrected chi connectivity index (χ4v) is 2.66. The highest BCUT2D eigenvalue weighted by Crippen LogP contribution is 2.11. The van der Waals surface area contributed by atoms with Crippen LogP contribution in [0.1, 0.15) is 18.1 Å². The molecular formula is C22H30N4O2. The molecule has 3 N–H and O–H groups in total. The molecule has 0 saturated heterocycles. The van der Waals surface area contributed by atoms with Gasteiger partial charge in [0.2, 0.25) is 5.91 Å². The average Bonchev–Trinajstić information content (AvgIpc) is 2.73. The summed E-state index contributed by atoms with van der Waals surface area (Å²) in [6.45, 7) is 4.19. The smallest absolute Gasteiger partial charge is 0.241 e. The first-order valence-electron chi connectivity index (χ1n) is 9.67. The Morgan fingerprint density at radius 3 is 2.18 bits per heavy atom. The van der Waals surface area contributed by atoms with E-state index in [2.05, 4.69) is 33.1 Å². The minimum Gasteiger partial charge on any atom is -0.497 e. The molecule has 0 aliphatic rings. The molecule has 0 unspecified atom stereocenters. The molecule has 1 amide bonds. The van der Waals surface area contributed by atoms with Crippen LogP contribution in [0.2, 0.25) is 0 Å². The van der Waals surface area contributed by atoms with Crippen LogP contribution >= 0.6 is 0 Å². The maximum absolute atomic E-state index is 12.0. The summed E-state index contributed by atoms with van der Waals surface area (Å²) in [7, 11) is 1.66. The number of aliphatic imine (C=N–C) groups is 1. The summed E-state index contributed by atoms with van der Waals surface area (Å²) in [5, 5.41) is 9.33. The fraction of sp³-hybridized carbons (Fsp3) is 0.364. The van der Waals surface area contributed by atoms with Gasteiger partial charge < -0.3 is 20.7 Å². The van der Waals surface area contributed by atoms with Gasteiger partial charge in [-0.25, -0.2) is 4.99 Å².